The van der Waals surface area contributed by atoms with Crippen LogP contribution in [0.15, 0.2) is 134 Å². The molecule has 0 aromatic rings. The van der Waals surface area contributed by atoms with E-state index in [1.165, 1.54) is 51.4 Å². The first-order chi connectivity index (χ1) is 33.5. The Morgan fingerprint density at radius 3 is 0.956 bits per heavy atom. The van der Waals surface area contributed by atoms with Crippen LogP contribution >= 0.6 is 0 Å². The highest BCUT2D eigenvalue weighted by molar-refractivity contribution is 5.71. The van der Waals surface area contributed by atoms with Crippen LogP contribution in [-0.2, 0) is 28.6 Å². The fourth-order valence-electron chi connectivity index (χ4n) is 6.85. The van der Waals surface area contributed by atoms with Crippen molar-refractivity contribution in [1.29, 1.82) is 0 Å². The topological polar surface area (TPSA) is 78.9 Å². The molecule has 0 amide bonds. The molecule has 0 heterocycles. The highest BCUT2D eigenvalue weighted by Gasteiger charge is 2.19. The monoisotopic (exact) mass is 939 g/mol. The van der Waals surface area contributed by atoms with Crippen LogP contribution in [-0.4, -0.2) is 37.2 Å². The molecule has 0 spiro atoms. The van der Waals surface area contributed by atoms with Gasteiger partial charge in [-0.3, -0.25) is 14.4 Å². The molecular weight excluding hydrogens is 841 g/mol. The van der Waals surface area contributed by atoms with Gasteiger partial charge in [0.2, 0.25) is 0 Å². The zero-order valence-corrected chi connectivity index (χ0v) is 43.6. The molecule has 1 unspecified atom stereocenters. The van der Waals surface area contributed by atoms with Crippen molar-refractivity contribution in [3.63, 3.8) is 0 Å². The van der Waals surface area contributed by atoms with Crippen LogP contribution in [0.5, 0.6) is 0 Å². The Bertz CT molecular complexity index is 1500. The Hall–Kier alpha value is -4.45. The third-order valence-corrected chi connectivity index (χ3v) is 10.9. The SMILES string of the molecule is CC/C=C\C/C=C\C/C=C\C/C=C\C/C=C\CCCCCC(=O)OCC(COC(=O)CCCCCCCCC/C=C\C/C=C\CC)OC(=O)CCC/C=C\C/C=C\C/C=C\C/C=C\CCCCC. The Morgan fingerprint density at radius 2 is 0.588 bits per heavy atom. The summed E-state index contributed by atoms with van der Waals surface area (Å²) < 4.78 is 16.7. The molecule has 0 saturated carbocycles. The maximum absolute atomic E-state index is 12.8. The van der Waals surface area contributed by atoms with Gasteiger partial charge in [0.05, 0.1) is 0 Å². The lowest BCUT2D eigenvalue weighted by atomic mass is 10.1. The van der Waals surface area contributed by atoms with E-state index in [9.17, 15) is 14.4 Å². The first-order valence-corrected chi connectivity index (χ1v) is 27.2. The molecule has 0 radical (unpaired) electrons. The molecule has 0 aliphatic carbocycles. The largest absolute Gasteiger partial charge is 0.462 e. The summed E-state index contributed by atoms with van der Waals surface area (Å²) >= 11 is 0. The van der Waals surface area contributed by atoms with Crippen molar-refractivity contribution in [3.8, 4) is 0 Å². The van der Waals surface area contributed by atoms with Gasteiger partial charge < -0.3 is 14.2 Å². The quantitative estimate of drug-likeness (QED) is 0.0262. The van der Waals surface area contributed by atoms with E-state index in [4.69, 9.17) is 14.2 Å². The molecule has 0 aromatic carbocycles. The number of hydrogen-bond acceptors (Lipinski definition) is 6. The summed E-state index contributed by atoms with van der Waals surface area (Å²) in [6.07, 6.45) is 77.3. The van der Waals surface area contributed by atoms with Gasteiger partial charge in [-0.05, 0) is 128 Å². The van der Waals surface area contributed by atoms with Crippen LogP contribution in [0, 0.1) is 0 Å². The molecule has 68 heavy (non-hydrogen) atoms. The molecule has 6 heteroatoms. The van der Waals surface area contributed by atoms with Gasteiger partial charge in [-0.25, -0.2) is 0 Å². The smallest absolute Gasteiger partial charge is 0.306 e. The number of rotatable bonds is 47. The highest BCUT2D eigenvalue weighted by Crippen LogP contribution is 2.12. The van der Waals surface area contributed by atoms with E-state index < -0.39 is 6.10 Å². The molecule has 0 saturated heterocycles. The summed E-state index contributed by atoms with van der Waals surface area (Å²) in [5.74, 6) is -1.02. The van der Waals surface area contributed by atoms with Gasteiger partial charge in [-0.2, -0.15) is 0 Å². The molecule has 0 fully saturated rings. The Morgan fingerprint density at radius 1 is 0.309 bits per heavy atom. The second-order valence-electron chi connectivity index (χ2n) is 17.4. The van der Waals surface area contributed by atoms with Gasteiger partial charge in [0.1, 0.15) is 13.2 Å². The average molecular weight is 939 g/mol. The molecule has 0 bridgehead atoms. The summed E-state index contributed by atoms with van der Waals surface area (Å²) in [6.45, 7) is 6.29. The van der Waals surface area contributed by atoms with Crippen LogP contribution in [0.2, 0.25) is 0 Å². The van der Waals surface area contributed by atoms with Gasteiger partial charge in [0.15, 0.2) is 6.10 Å². The lowest BCUT2D eigenvalue weighted by molar-refractivity contribution is -0.167. The third kappa shape index (κ3) is 52.5. The predicted molar refractivity (Wildman–Crippen MR) is 292 cm³/mol. The number of esters is 3. The minimum Gasteiger partial charge on any atom is -0.462 e. The van der Waals surface area contributed by atoms with Crippen molar-refractivity contribution in [2.75, 3.05) is 13.2 Å². The van der Waals surface area contributed by atoms with Crippen molar-refractivity contribution in [2.45, 2.75) is 226 Å². The Labute approximate surface area is 417 Å². The zero-order valence-electron chi connectivity index (χ0n) is 43.6. The molecule has 6 nitrogen and oxygen atoms in total. The van der Waals surface area contributed by atoms with E-state index in [1.807, 2.05) is 0 Å². The van der Waals surface area contributed by atoms with Crippen LogP contribution in [0.1, 0.15) is 220 Å². The Balaban J connectivity index is 4.57. The third-order valence-electron chi connectivity index (χ3n) is 10.9. The van der Waals surface area contributed by atoms with Crippen molar-refractivity contribution in [3.05, 3.63) is 134 Å². The lowest BCUT2D eigenvalue weighted by Gasteiger charge is -2.18. The number of hydrogen-bond donors (Lipinski definition) is 0. The maximum atomic E-state index is 12.8. The average Bonchev–Trinajstić information content (AvgIpc) is 3.34. The molecule has 0 N–H and O–H groups in total. The molecule has 382 valence electrons. The minimum absolute atomic E-state index is 0.119. The first kappa shape index (κ1) is 63.5. The lowest BCUT2D eigenvalue weighted by Crippen LogP contribution is -2.30. The van der Waals surface area contributed by atoms with E-state index in [-0.39, 0.29) is 37.5 Å². The summed E-state index contributed by atoms with van der Waals surface area (Å²) in [5, 5.41) is 0. The first-order valence-electron chi connectivity index (χ1n) is 27.2. The fourth-order valence-corrected chi connectivity index (χ4v) is 6.85. The minimum atomic E-state index is -0.829. The van der Waals surface area contributed by atoms with Crippen molar-refractivity contribution in [2.24, 2.45) is 0 Å². The van der Waals surface area contributed by atoms with E-state index in [1.54, 1.807) is 0 Å². The van der Waals surface area contributed by atoms with Crippen molar-refractivity contribution < 1.29 is 28.6 Å². The van der Waals surface area contributed by atoms with Crippen LogP contribution in [0.25, 0.3) is 0 Å². The second-order valence-corrected chi connectivity index (χ2v) is 17.4. The molecule has 0 aromatic heterocycles. The summed E-state index contributed by atoms with van der Waals surface area (Å²) in [4.78, 5) is 38.1. The van der Waals surface area contributed by atoms with Crippen LogP contribution < -0.4 is 0 Å². The van der Waals surface area contributed by atoms with Crippen molar-refractivity contribution in [1.82, 2.24) is 0 Å². The predicted octanol–water partition coefficient (Wildman–Crippen LogP) is 18.3. The maximum Gasteiger partial charge on any atom is 0.306 e. The van der Waals surface area contributed by atoms with E-state index in [0.717, 1.165) is 122 Å². The van der Waals surface area contributed by atoms with Gasteiger partial charge in [-0.1, -0.05) is 206 Å². The van der Waals surface area contributed by atoms with Gasteiger partial charge >= 0.3 is 17.9 Å². The second kappa shape index (κ2) is 55.1. The van der Waals surface area contributed by atoms with E-state index in [2.05, 4.69) is 154 Å². The number of carbonyl (C=O) groups is 3. The molecule has 0 rings (SSSR count). The summed E-state index contributed by atoms with van der Waals surface area (Å²) in [5.41, 5.74) is 0. The number of unbranched alkanes of at least 4 members (excludes halogenated alkanes) is 14. The standard InChI is InChI=1S/C62H98O6/c1-4-7-10-13-16-19-22-25-28-30-31-33-34-37-40-43-46-49-52-55-61(64)67-58-59(57-66-60(63)54-51-48-45-42-39-36-27-24-21-18-15-12-9-6-3)68-62(65)56-53-50-47-44-41-38-35-32-29-26-23-20-17-14-11-8-5-2/h7,9-10,12,16-21,25-26,28-29,31,33,35,37-38,40,44,47,59H,4-6,8,11,13-15,22-24,27,30,32,34,36,39,41-43,45-46,48-58H2,1-3H3/b10-7-,12-9-,19-16-,20-17-,21-18-,28-25-,29-26-,33-31-,38-35-,40-37-,47-44-. The molecule has 0 aliphatic rings. The number of ether oxygens (including phenoxy) is 3. The van der Waals surface area contributed by atoms with Crippen LogP contribution in [0.4, 0.5) is 0 Å². The van der Waals surface area contributed by atoms with Crippen LogP contribution in [0.3, 0.4) is 0 Å². The van der Waals surface area contributed by atoms with E-state index >= 15 is 0 Å². The Kier molecular flexibility index (Phi) is 51.5. The summed E-state index contributed by atoms with van der Waals surface area (Å²) in [7, 11) is 0. The van der Waals surface area contributed by atoms with Crippen molar-refractivity contribution >= 4 is 17.9 Å². The fraction of sp³-hybridized carbons (Fsp3) is 0.597. The molecule has 0 aliphatic heterocycles. The number of carbonyl (C=O) groups excluding carboxylic acids is 3. The van der Waals surface area contributed by atoms with E-state index in [0.29, 0.717) is 19.3 Å². The van der Waals surface area contributed by atoms with Gasteiger partial charge in [-0.15, -0.1) is 0 Å². The summed E-state index contributed by atoms with van der Waals surface area (Å²) in [6, 6.07) is 0. The highest BCUT2D eigenvalue weighted by atomic mass is 16.6. The van der Waals surface area contributed by atoms with Gasteiger partial charge in [0, 0.05) is 19.3 Å². The van der Waals surface area contributed by atoms with Gasteiger partial charge in [0.25, 0.3) is 0 Å². The molecule has 1 atom stereocenters. The molecular formula is C62H98O6. The number of allylic oxidation sites excluding steroid dienone is 22. The zero-order chi connectivity index (χ0) is 49.3. The normalized spacial score (nSPS) is 13.2.